The van der Waals surface area contributed by atoms with Crippen molar-refractivity contribution < 1.29 is 14.3 Å². The maximum absolute atomic E-state index is 11.9. The number of carbonyl (C=O) groups excluding carboxylic acids is 2. The molecule has 2 rings (SSSR count). The van der Waals surface area contributed by atoms with Crippen LogP contribution in [0, 0.1) is 11.3 Å². The third kappa shape index (κ3) is 6.57. The van der Waals surface area contributed by atoms with Gasteiger partial charge in [0.05, 0.1) is 36.1 Å². The predicted molar refractivity (Wildman–Crippen MR) is 98.4 cm³/mol. The van der Waals surface area contributed by atoms with Gasteiger partial charge < -0.3 is 10.1 Å². The van der Waals surface area contributed by atoms with Crippen molar-refractivity contribution in [2.24, 2.45) is 0 Å². The first-order chi connectivity index (χ1) is 12.1. The van der Waals surface area contributed by atoms with Crippen LogP contribution in [0.15, 0.2) is 29.6 Å². The van der Waals surface area contributed by atoms with Gasteiger partial charge in [0.2, 0.25) is 5.91 Å². The highest BCUT2D eigenvalue weighted by atomic mass is 32.2. The minimum Gasteiger partial charge on any atom is -0.466 e. The van der Waals surface area contributed by atoms with Gasteiger partial charge in [-0.3, -0.25) is 9.59 Å². The van der Waals surface area contributed by atoms with Crippen LogP contribution in [-0.2, 0) is 26.5 Å². The molecule has 1 aromatic carbocycles. The number of nitriles is 1. The summed E-state index contributed by atoms with van der Waals surface area (Å²) in [5.41, 5.74) is 2.26. The van der Waals surface area contributed by atoms with Gasteiger partial charge in [0.1, 0.15) is 0 Å². The average molecular weight is 375 g/mol. The minimum atomic E-state index is -0.330. The summed E-state index contributed by atoms with van der Waals surface area (Å²) in [4.78, 5) is 27.5. The molecule has 0 saturated heterocycles. The second-order valence-electron chi connectivity index (χ2n) is 4.98. The highest BCUT2D eigenvalue weighted by Gasteiger charge is 2.10. The number of nitrogens with one attached hydrogen (secondary N) is 1. The Kier molecular flexibility index (Phi) is 7.44. The minimum absolute atomic E-state index is 0.105. The quantitative estimate of drug-likeness (QED) is 0.713. The molecule has 1 N–H and O–H groups in total. The summed E-state index contributed by atoms with van der Waals surface area (Å²) in [5.74, 6) is 0.511. The van der Waals surface area contributed by atoms with Gasteiger partial charge in [0, 0.05) is 11.1 Å². The Labute approximate surface area is 154 Å². The summed E-state index contributed by atoms with van der Waals surface area (Å²) in [5, 5.41) is 13.7. The molecule has 1 amide bonds. The highest BCUT2D eigenvalue weighted by Crippen LogP contribution is 2.18. The normalized spacial score (nSPS) is 10.1. The van der Waals surface area contributed by atoms with Gasteiger partial charge >= 0.3 is 5.97 Å². The lowest BCUT2D eigenvalue weighted by atomic mass is 10.2. The van der Waals surface area contributed by atoms with Crippen molar-refractivity contribution in [3.05, 3.63) is 46.5 Å². The SMILES string of the molecule is CCOC(=O)Cc1csc(NC(=O)CSCc2ccc(C#N)cc2)n1. The van der Waals surface area contributed by atoms with E-state index in [1.54, 1.807) is 24.4 Å². The number of hydrogen-bond acceptors (Lipinski definition) is 7. The van der Waals surface area contributed by atoms with Gasteiger partial charge in [-0.25, -0.2) is 4.98 Å². The number of esters is 1. The van der Waals surface area contributed by atoms with E-state index in [-0.39, 0.29) is 18.3 Å². The van der Waals surface area contributed by atoms with Crippen LogP contribution in [-0.4, -0.2) is 29.2 Å². The van der Waals surface area contributed by atoms with Crippen LogP contribution < -0.4 is 5.32 Å². The number of rotatable bonds is 8. The van der Waals surface area contributed by atoms with Crippen molar-refractivity contribution in [1.82, 2.24) is 4.98 Å². The third-order valence-corrected chi connectivity index (χ3v) is 4.82. The molecule has 8 heteroatoms. The molecular weight excluding hydrogens is 358 g/mol. The first-order valence-electron chi connectivity index (χ1n) is 7.57. The number of amides is 1. The maximum Gasteiger partial charge on any atom is 0.311 e. The highest BCUT2D eigenvalue weighted by molar-refractivity contribution is 7.99. The van der Waals surface area contributed by atoms with E-state index < -0.39 is 0 Å². The van der Waals surface area contributed by atoms with Crippen molar-refractivity contribution in [1.29, 1.82) is 5.26 Å². The standard InChI is InChI=1S/C17H17N3O3S2/c1-2-23-16(22)7-14-10-25-17(19-14)20-15(21)11-24-9-13-5-3-12(8-18)4-6-13/h3-6,10H,2,7,9,11H2,1H3,(H,19,20,21). The van der Waals surface area contributed by atoms with E-state index in [1.165, 1.54) is 23.1 Å². The van der Waals surface area contributed by atoms with Gasteiger partial charge in [0.15, 0.2) is 5.13 Å². The Hall–Kier alpha value is -2.37. The fourth-order valence-corrected chi connectivity index (χ4v) is 3.41. The Morgan fingerprint density at radius 3 is 2.80 bits per heavy atom. The van der Waals surface area contributed by atoms with Gasteiger partial charge in [0.25, 0.3) is 0 Å². The number of anilines is 1. The molecule has 25 heavy (non-hydrogen) atoms. The molecule has 6 nitrogen and oxygen atoms in total. The third-order valence-electron chi connectivity index (χ3n) is 3.01. The molecule has 1 aromatic heterocycles. The first-order valence-corrected chi connectivity index (χ1v) is 9.60. The monoisotopic (exact) mass is 375 g/mol. The topological polar surface area (TPSA) is 92.1 Å². The van der Waals surface area contributed by atoms with E-state index in [2.05, 4.69) is 16.4 Å². The fraction of sp³-hybridized carbons (Fsp3) is 0.294. The Morgan fingerprint density at radius 1 is 1.36 bits per heavy atom. The first kappa shape index (κ1) is 19.0. The van der Waals surface area contributed by atoms with Gasteiger partial charge in [-0.1, -0.05) is 12.1 Å². The zero-order valence-electron chi connectivity index (χ0n) is 13.7. The lowest BCUT2D eigenvalue weighted by Crippen LogP contribution is -2.14. The molecule has 0 aliphatic carbocycles. The number of aromatic nitrogens is 1. The van der Waals surface area contributed by atoms with Crippen molar-refractivity contribution in [3.63, 3.8) is 0 Å². The molecule has 0 bridgehead atoms. The largest absolute Gasteiger partial charge is 0.466 e. The molecule has 0 radical (unpaired) electrons. The van der Waals surface area contributed by atoms with Crippen LogP contribution in [0.3, 0.4) is 0 Å². The number of benzene rings is 1. The molecular formula is C17H17N3O3S2. The van der Waals surface area contributed by atoms with E-state index in [1.807, 2.05) is 12.1 Å². The van der Waals surface area contributed by atoms with Crippen molar-refractivity contribution in [3.8, 4) is 6.07 Å². The average Bonchev–Trinajstić information content (AvgIpc) is 3.02. The molecule has 0 aliphatic rings. The molecule has 0 unspecified atom stereocenters. The van der Waals surface area contributed by atoms with Crippen LogP contribution in [0.1, 0.15) is 23.7 Å². The van der Waals surface area contributed by atoms with Crippen LogP contribution in [0.2, 0.25) is 0 Å². The van der Waals surface area contributed by atoms with Gasteiger partial charge in [-0.05, 0) is 24.6 Å². The molecule has 0 spiro atoms. The zero-order chi connectivity index (χ0) is 18.1. The second-order valence-corrected chi connectivity index (χ2v) is 6.82. The number of thioether (sulfide) groups is 1. The summed E-state index contributed by atoms with van der Waals surface area (Å²) in [6.45, 7) is 2.09. The van der Waals surface area contributed by atoms with E-state index >= 15 is 0 Å². The van der Waals surface area contributed by atoms with E-state index in [0.717, 1.165) is 5.56 Å². The van der Waals surface area contributed by atoms with Crippen LogP contribution in [0.25, 0.3) is 0 Å². The molecule has 0 fully saturated rings. The lowest BCUT2D eigenvalue weighted by Gasteiger charge is -2.03. The van der Waals surface area contributed by atoms with Crippen molar-refractivity contribution >= 4 is 40.1 Å². The summed E-state index contributed by atoms with van der Waals surface area (Å²) >= 11 is 2.76. The lowest BCUT2D eigenvalue weighted by molar-refractivity contribution is -0.142. The Balaban J connectivity index is 1.73. The van der Waals surface area contributed by atoms with Gasteiger partial charge in [-0.15, -0.1) is 23.1 Å². The summed E-state index contributed by atoms with van der Waals surface area (Å²) in [6.07, 6.45) is 0.105. The maximum atomic E-state index is 11.9. The van der Waals surface area contributed by atoms with E-state index in [4.69, 9.17) is 10.00 Å². The van der Waals surface area contributed by atoms with Crippen molar-refractivity contribution in [2.75, 3.05) is 17.7 Å². The number of carbonyl (C=O) groups is 2. The number of hydrogen-bond donors (Lipinski definition) is 1. The van der Waals surface area contributed by atoms with Crippen LogP contribution in [0.4, 0.5) is 5.13 Å². The van der Waals surface area contributed by atoms with Gasteiger partial charge in [-0.2, -0.15) is 5.26 Å². The number of nitrogens with zero attached hydrogens (tertiary/aromatic N) is 2. The van der Waals surface area contributed by atoms with E-state index in [0.29, 0.717) is 34.5 Å². The Morgan fingerprint density at radius 2 is 2.12 bits per heavy atom. The fourth-order valence-electron chi connectivity index (χ4n) is 1.90. The van der Waals surface area contributed by atoms with Crippen LogP contribution in [0.5, 0.6) is 0 Å². The van der Waals surface area contributed by atoms with Crippen molar-refractivity contribution in [2.45, 2.75) is 19.1 Å². The molecule has 130 valence electrons. The van der Waals surface area contributed by atoms with Crippen LogP contribution >= 0.6 is 23.1 Å². The smallest absolute Gasteiger partial charge is 0.311 e. The molecule has 0 aliphatic heterocycles. The summed E-state index contributed by atoms with van der Waals surface area (Å²) < 4.78 is 4.86. The summed E-state index contributed by atoms with van der Waals surface area (Å²) in [7, 11) is 0. The molecule has 0 saturated carbocycles. The Bertz CT molecular complexity index is 766. The zero-order valence-corrected chi connectivity index (χ0v) is 15.3. The second kappa shape index (κ2) is 9.81. The summed E-state index contributed by atoms with van der Waals surface area (Å²) in [6, 6.07) is 9.35. The molecule has 0 atom stereocenters. The predicted octanol–water partition coefficient (Wildman–Crippen LogP) is 2.99. The molecule has 1 heterocycles. The van der Waals surface area contributed by atoms with E-state index in [9.17, 15) is 9.59 Å². The number of thiazole rings is 1. The molecule has 2 aromatic rings. The number of ether oxygens (including phenoxy) is 1.